The number of ether oxygens (including phenoxy) is 2. The molecule has 0 amide bonds. The van der Waals surface area contributed by atoms with E-state index in [1.165, 1.54) is 83.0 Å². The van der Waals surface area contributed by atoms with Crippen LogP contribution in [0.3, 0.4) is 0 Å². The third-order valence-electron chi connectivity index (χ3n) is 9.40. The number of hydrogen-bond acceptors (Lipinski definition) is 15. The Morgan fingerprint density at radius 3 is 1.43 bits per heavy atom. The minimum atomic E-state index is -3.61. The van der Waals surface area contributed by atoms with Crippen molar-refractivity contribution >= 4 is 63.1 Å². The zero-order valence-corrected chi connectivity index (χ0v) is 37.2. The van der Waals surface area contributed by atoms with Gasteiger partial charge in [0, 0.05) is 98.9 Å². The molecule has 2 aliphatic rings. The Labute approximate surface area is 366 Å². The van der Waals surface area contributed by atoms with Gasteiger partial charge in [-0.25, -0.2) is 35.6 Å². The Hall–Kier alpha value is -4.83. The van der Waals surface area contributed by atoms with E-state index >= 15 is 0 Å². The number of methoxy groups -OCH3 is 2. The van der Waals surface area contributed by atoms with E-state index in [2.05, 4.69) is 28.9 Å². The van der Waals surface area contributed by atoms with Crippen molar-refractivity contribution < 1.29 is 35.1 Å². The molecule has 0 atom stereocenters. The van der Waals surface area contributed by atoms with Crippen LogP contribution in [0.2, 0.25) is 0 Å². The molecule has 0 spiro atoms. The number of halogens is 3. The van der Waals surface area contributed by atoms with Gasteiger partial charge >= 0.3 is 0 Å². The van der Waals surface area contributed by atoms with Crippen molar-refractivity contribution in [3.8, 4) is 11.5 Å². The normalized spacial score (nSPS) is 14.6. The largest absolute Gasteiger partial charge is 0.497 e. The summed E-state index contributed by atoms with van der Waals surface area (Å²) in [5.41, 5.74) is 1.97. The Balaban J connectivity index is 0.000000171. The van der Waals surface area contributed by atoms with E-state index in [1.54, 1.807) is 55.6 Å². The van der Waals surface area contributed by atoms with Crippen molar-refractivity contribution in [1.29, 1.82) is 0 Å². The molecule has 0 aliphatic carbocycles. The highest BCUT2D eigenvalue weighted by molar-refractivity contribution is 8.13. The van der Waals surface area contributed by atoms with Gasteiger partial charge in [-0.05, 0) is 83.9 Å². The lowest BCUT2D eigenvalue weighted by Gasteiger charge is -2.33. The molecule has 2 aromatic heterocycles. The first-order chi connectivity index (χ1) is 29.3. The van der Waals surface area contributed by atoms with Gasteiger partial charge in [-0.3, -0.25) is 0 Å². The molecule has 2 saturated heterocycles. The molecule has 8 rings (SSSR count). The van der Waals surface area contributed by atoms with Crippen LogP contribution in [0, 0.1) is 11.6 Å². The van der Waals surface area contributed by atoms with Crippen LogP contribution in [0.5, 0.6) is 11.5 Å². The first-order valence-corrected chi connectivity index (χ1v) is 24.2. The van der Waals surface area contributed by atoms with Crippen molar-refractivity contribution in [2.75, 3.05) is 76.4 Å². The van der Waals surface area contributed by atoms with E-state index in [-0.39, 0.29) is 21.4 Å². The zero-order valence-electron chi connectivity index (χ0n) is 33.2. The maximum atomic E-state index is 13.0. The average molecular weight is 934 g/mol. The van der Waals surface area contributed by atoms with E-state index in [0.717, 1.165) is 53.4 Å². The van der Waals surface area contributed by atoms with Crippen LogP contribution in [0.15, 0.2) is 107 Å². The number of nitrogens with zero attached hydrogens (tertiary/aromatic N) is 7. The van der Waals surface area contributed by atoms with Gasteiger partial charge in [0.1, 0.15) is 34.8 Å². The monoisotopic (exact) mass is 932 g/mol. The summed E-state index contributed by atoms with van der Waals surface area (Å²) in [7, 11) is 0.978. The fourth-order valence-corrected chi connectivity index (χ4v) is 9.74. The lowest BCUT2D eigenvalue weighted by molar-refractivity contribution is 0.384. The summed E-state index contributed by atoms with van der Waals surface area (Å²) in [6.07, 6.45) is 1.19. The van der Waals surface area contributed by atoms with Gasteiger partial charge < -0.3 is 24.6 Å². The fraction of sp³-hybridized carbons (Fsp3) is 0.300. The fourth-order valence-electron chi connectivity index (χ4n) is 6.07. The van der Waals surface area contributed by atoms with Crippen LogP contribution >= 0.6 is 33.7 Å². The number of hydrogen-bond donors (Lipinski definition) is 1. The molecular formula is C40H43ClF2N8O6S4. The van der Waals surface area contributed by atoms with Gasteiger partial charge in [-0.2, -0.15) is 13.1 Å². The molecule has 0 bridgehead atoms. The van der Waals surface area contributed by atoms with Gasteiger partial charge in [0.05, 0.1) is 24.0 Å². The first-order valence-electron chi connectivity index (χ1n) is 18.9. The van der Waals surface area contributed by atoms with Gasteiger partial charge in [0.15, 0.2) is 0 Å². The van der Waals surface area contributed by atoms with Crippen LogP contribution in [-0.4, -0.2) is 106 Å². The summed E-state index contributed by atoms with van der Waals surface area (Å²) >= 11 is 2.74. The molecule has 4 aromatic carbocycles. The van der Waals surface area contributed by atoms with Crippen molar-refractivity contribution in [2.45, 2.75) is 22.6 Å². The summed E-state index contributed by atoms with van der Waals surface area (Å²) in [6.45, 7) is 5.78. The number of nitrogens with one attached hydrogen (secondary N) is 1. The van der Waals surface area contributed by atoms with Crippen molar-refractivity contribution in [1.82, 2.24) is 28.3 Å². The molecule has 324 valence electrons. The third kappa shape index (κ3) is 13.1. The van der Waals surface area contributed by atoms with Gasteiger partial charge in [0.25, 0.3) is 9.05 Å². The highest BCUT2D eigenvalue weighted by Gasteiger charge is 2.29. The predicted octanol–water partition coefficient (Wildman–Crippen LogP) is 6.09. The topological polar surface area (TPSA) is 160 Å². The summed E-state index contributed by atoms with van der Waals surface area (Å²) in [5.74, 6) is 2.22. The Morgan fingerprint density at radius 2 is 1.02 bits per heavy atom. The predicted molar refractivity (Wildman–Crippen MR) is 233 cm³/mol. The average Bonchev–Trinajstić information content (AvgIpc) is 3.96. The molecule has 2 fully saturated rings. The van der Waals surface area contributed by atoms with E-state index in [1.807, 2.05) is 4.90 Å². The second-order valence-electron chi connectivity index (χ2n) is 13.5. The van der Waals surface area contributed by atoms with Crippen molar-refractivity contribution in [3.05, 3.63) is 131 Å². The number of anilines is 2. The minimum Gasteiger partial charge on any atom is -0.497 e. The lowest BCUT2D eigenvalue weighted by atomic mass is 10.1. The molecule has 0 unspecified atom stereocenters. The van der Waals surface area contributed by atoms with E-state index in [4.69, 9.17) is 20.2 Å². The highest BCUT2D eigenvalue weighted by Crippen LogP contribution is 2.25. The van der Waals surface area contributed by atoms with Crippen LogP contribution in [0.25, 0.3) is 0 Å². The molecule has 14 nitrogen and oxygen atoms in total. The number of rotatable bonds is 11. The molecule has 0 radical (unpaired) electrons. The van der Waals surface area contributed by atoms with Crippen molar-refractivity contribution in [2.24, 2.45) is 0 Å². The number of aromatic nitrogens is 4. The van der Waals surface area contributed by atoms with Gasteiger partial charge in [-0.1, -0.05) is 24.3 Å². The van der Waals surface area contributed by atoms with Crippen LogP contribution in [0.4, 0.5) is 19.0 Å². The Bertz CT molecular complexity index is 2520. The van der Waals surface area contributed by atoms with E-state index in [9.17, 15) is 25.6 Å². The number of piperazine rings is 2. The molecule has 4 heterocycles. The summed E-state index contributed by atoms with van der Waals surface area (Å²) < 4.78 is 93.3. The minimum absolute atomic E-state index is 0.0740. The van der Waals surface area contributed by atoms with Crippen LogP contribution in [0.1, 0.15) is 22.8 Å². The van der Waals surface area contributed by atoms with Crippen LogP contribution < -0.4 is 24.6 Å². The maximum absolute atomic E-state index is 13.0. The molecule has 61 heavy (non-hydrogen) atoms. The van der Waals surface area contributed by atoms with E-state index < -0.39 is 19.1 Å². The molecule has 0 saturated carbocycles. The van der Waals surface area contributed by atoms with E-state index in [0.29, 0.717) is 56.3 Å². The summed E-state index contributed by atoms with van der Waals surface area (Å²) in [4.78, 5) is 13.8. The summed E-state index contributed by atoms with van der Waals surface area (Å²) in [5, 5.41) is 5.07. The quantitative estimate of drug-likeness (QED) is 0.149. The van der Waals surface area contributed by atoms with Gasteiger partial charge in [0.2, 0.25) is 20.3 Å². The van der Waals surface area contributed by atoms with Crippen LogP contribution in [-0.2, 0) is 31.9 Å². The summed E-state index contributed by atoms with van der Waals surface area (Å²) in [6, 6.07) is 25.1. The molecule has 1 N–H and O–H groups in total. The molecule has 6 aromatic rings. The second-order valence-corrected chi connectivity index (χ2v) is 19.5. The SMILES string of the molecule is COc1ccc(S(=O)(=O)Cl)cc1.COc1ccc(S(=O)(=O)N2CCN(c3nc(Cc4ccc(F)cc4)ns3)CC2)cc1.Fc1ccc(Cc2nsc(N3CCNCC3)n2)cc1. The Morgan fingerprint density at radius 1 is 0.607 bits per heavy atom. The molecular weight excluding hydrogens is 890 g/mol. The first kappa shape index (κ1) is 45.7. The number of sulfonamides is 1. The smallest absolute Gasteiger partial charge is 0.261 e. The zero-order chi connectivity index (χ0) is 43.4. The van der Waals surface area contributed by atoms with Crippen molar-refractivity contribution in [3.63, 3.8) is 0 Å². The lowest BCUT2D eigenvalue weighted by Crippen LogP contribution is -2.48. The molecule has 21 heteroatoms. The van der Waals surface area contributed by atoms with Gasteiger partial charge in [-0.15, -0.1) is 0 Å². The maximum Gasteiger partial charge on any atom is 0.261 e. The standard InChI is InChI=1S/C20H21FN4O3S2.C13H15FN4S.C7H7ClO3S/c1-28-17-6-8-18(9-7-17)30(26,27)25-12-10-24(11-13-25)20-22-19(23-29-20)14-15-2-4-16(21)5-3-15;14-11-3-1-10(2-4-11)9-12-16-13(19-17-12)18-7-5-15-6-8-18;1-11-6-2-4-7(5-3-6)12(8,9)10/h2-9H,10-14H2,1H3;1-4,15H,5-9H2;2-5H,1H3. The third-order valence-corrected chi connectivity index (χ3v) is 14.3. The second kappa shape index (κ2) is 21.3. The highest BCUT2D eigenvalue weighted by atomic mass is 35.7. The Kier molecular flexibility index (Phi) is 16.0. The molecule has 2 aliphatic heterocycles. The number of benzene rings is 4.